The van der Waals surface area contributed by atoms with Crippen LogP contribution in [0, 0.1) is 0 Å². The summed E-state index contributed by atoms with van der Waals surface area (Å²) in [7, 11) is 0. The van der Waals surface area contributed by atoms with Crippen molar-refractivity contribution >= 4 is 0 Å². The molecule has 0 unspecified atom stereocenters. The molecule has 2 N–H and O–H groups in total. The van der Waals surface area contributed by atoms with Crippen LogP contribution >= 0.6 is 0 Å². The second-order valence-electron chi connectivity index (χ2n) is 5.69. The van der Waals surface area contributed by atoms with Gasteiger partial charge in [-0.2, -0.15) is 0 Å². The summed E-state index contributed by atoms with van der Waals surface area (Å²) >= 11 is 0. The summed E-state index contributed by atoms with van der Waals surface area (Å²) in [6.45, 7) is 8.55. The highest BCUT2D eigenvalue weighted by Gasteiger charge is 2.14. The van der Waals surface area contributed by atoms with Crippen LogP contribution in [0.15, 0.2) is 30.3 Å². The molecule has 2 rings (SSSR count). The molecule has 1 aliphatic rings. The molecule has 0 radical (unpaired) electrons. The van der Waals surface area contributed by atoms with Gasteiger partial charge in [-0.1, -0.05) is 18.2 Å². The van der Waals surface area contributed by atoms with Gasteiger partial charge in [-0.15, -0.1) is 0 Å². The summed E-state index contributed by atoms with van der Waals surface area (Å²) < 4.78 is 5.79. The Bertz CT molecular complexity index is 372. The summed E-state index contributed by atoms with van der Waals surface area (Å²) in [5.41, 5.74) is 5.56. The smallest absolute Gasteiger partial charge is 0.119 e. The predicted octanol–water partition coefficient (Wildman–Crippen LogP) is 1.81. The molecule has 4 heteroatoms. The number of hydrogen-bond acceptors (Lipinski definition) is 4. The van der Waals surface area contributed by atoms with Crippen molar-refractivity contribution in [1.82, 2.24) is 9.80 Å². The van der Waals surface area contributed by atoms with Crippen molar-refractivity contribution in [2.45, 2.75) is 19.3 Å². The van der Waals surface area contributed by atoms with Crippen LogP contribution in [0.4, 0.5) is 0 Å². The van der Waals surface area contributed by atoms with Crippen LogP contribution in [0.5, 0.6) is 5.75 Å². The summed E-state index contributed by atoms with van der Waals surface area (Å²) in [6, 6.07) is 10.1. The lowest BCUT2D eigenvalue weighted by Gasteiger charge is -2.21. The van der Waals surface area contributed by atoms with Crippen LogP contribution in [0.3, 0.4) is 0 Å². The molecule has 0 aromatic heterocycles. The third kappa shape index (κ3) is 6.46. The standard InChI is InChI=1S/C17H29N3O/c18-9-4-5-10-19-11-6-12-20(14-13-19)15-16-21-17-7-2-1-3-8-17/h1-3,7-8H,4-6,9-16,18H2. The molecule has 1 heterocycles. The van der Waals surface area contributed by atoms with E-state index < -0.39 is 0 Å². The summed E-state index contributed by atoms with van der Waals surface area (Å²) in [5.74, 6) is 0.968. The van der Waals surface area contributed by atoms with E-state index in [1.165, 1.54) is 39.0 Å². The molecule has 4 nitrogen and oxygen atoms in total. The molecule has 21 heavy (non-hydrogen) atoms. The Kier molecular flexibility index (Phi) is 7.57. The minimum Gasteiger partial charge on any atom is -0.492 e. The first-order valence-electron chi connectivity index (χ1n) is 8.21. The van der Waals surface area contributed by atoms with E-state index in [-0.39, 0.29) is 0 Å². The van der Waals surface area contributed by atoms with Crippen molar-refractivity contribution in [2.24, 2.45) is 5.73 Å². The van der Waals surface area contributed by atoms with Crippen LogP contribution in [0.25, 0.3) is 0 Å². The number of nitrogens with two attached hydrogens (primary N) is 1. The summed E-state index contributed by atoms with van der Waals surface area (Å²) in [6.07, 6.45) is 3.63. The fourth-order valence-electron chi connectivity index (χ4n) is 2.76. The molecule has 0 amide bonds. The van der Waals surface area contributed by atoms with Crippen molar-refractivity contribution in [1.29, 1.82) is 0 Å². The maximum absolute atomic E-state index is 5.79. The number of para-hydroxylation sites is 1. The highest BCUT2D eigenvalue weighted by Crippen LogP contribution is 2.09. The molecule has 0 spiro atoms. The highest BCUT2D eigenvalue weighted by molar-refractivity contribution is 5.20. The highest BCUT2D eigenvalue weighted by atomic mass is 16.5. The fraction of sp³-hybridized carbons (Fsp3) is 0.647. The minimum absolute atomic E-state index is 0.775. The average molecular weight is 291 g/mol. The lowest BCUT2D eigenvalue weighted by Crippen LogP contribution is -2.33. The third-order valence-corrected chi connectivity index (χ3v) is 4.03. The van der Waals surface area contributed by atoms with Crippen LogP contribution in [-0.2, 0) is 0 Å². The molecule has 118 valence electrons. The molecular formula is C17H29N3O. The number of ether oxygens (including phenoxy) is 1. The largest absolute Gasteiger partial charge is 0.492 e. The number of unbranched alkanes of at least 4 members (excludes halogenated alkanes) is 1. The van der Waals surface area contributed by atoms with Crippen molar-refractivity contribution in [3.05, 3.63) is 30.3 Å². The van der Waals surface area contributed by atoms with Gasteiger partial charge in [-0.05, 0) is 57.6 Å². The van der Waals surface area contributed by atoms with Gasteiger partial charge in [0, 0.05) is 19.6 Å². The van der Waals surface area contributed by atoms with Crippen LogP contribution < -0.4 is 10.5 Å². The molecule has 1 aromatic carbocycles. The van der Waals surface area contributed by atoms with E-state index >= 15 is 0 Å². The fourth-order valence-corrected chi connectivity index (χ4v) is 2.76. The van der Waals surface area contributed by atoms with Gasteiger partial charge in [0.05, 0.1) is 0 Å². The van der Waals surface area contributed by atoms with Gasteiger partial charge in [0.2, 0.25) is 0 Å². The molecule has 0 bridgehead atoms. The Morgan fingerprint density at radius 3 is 2.33 bits per heavy atom. The predicted molar refractivity (Wildman–Crippen MR) is 87.7 cm³/mol. The van der Waals surface area contributed by atoms with Crippen molar-refractivity contribution in [2.75, 3.05) is 52.4 Å². The number of nitrogens with zero attached hydrogens (tertiary/aromatic N) is 2. The summed E-state index contributed by atoms with van der Waals surface area (Å²) in [5, 5.41) is 0. The molecule has 1 aromatic rings. The molecule has 0 atom stereocenters. The Hall–Kier alpha value is -1.10. The topological polar surface area (TPSA) is 41.7 Å². The Morgan fingerprint density at radius 2 is 1.62 bits per heavy atom. The second kappa shape index (κ2) is 9.77. The van der Waals surface area contributed by atoms with E-state index in [2.05, 4.69) is 9.80 Å². The normalized spacial score (nSPS) is 17.6. The Labute approximate surface area is 128 Å². The van der Waals surface area contributed by atoms with Crippen molar-refractivity contribution in [3.63, 3.8) is 0 Å². The number of benzene rings is 1. The zero-order chi connectivity index (χ0) is 14.8. The average Bonchev–Trinajstić information content (AvgIpc) is 2.74. The zero-order valence-corrected chi connectivity index (χ0v) is 13.0. The first-order valence-corrected chi connectivity index (χ1v) is 8.21. The Balaban J connectivity index is 1.61. The van der Waals surface area contributed by atoms with Gasteiger partial charge in [0.25, 0.3) is 0 Å². The number of rotatable bonds is 8. The lowest BCUT2D eigenvalue weighted by atomic mass is 10.3. The van der Waals surface area contributed by atoms with Crippen LogP contribution in [-0.4, -0.2) is 62.2 Å². The quantitative estimate of drug-likeness (QED) is 0.742. The van der Waals surface area contributed by atoms with E-state index in [0.29, 0.717) is 0 Å². The maximum atomic E-state index is 5.79. The van der Waals surface area contributed by atoms with Gasteiger partial charge in [-0.25, -0.2) is 0 Å². The first kappa shape index (κ1) is 16.3. The SMILES string of the molecule is NCCCCN1CCCN(CCOc2ccccc2)CC1. The molecule has 1 aliphatic heterocycles. The third-order valence-electron chi connectivity index (χ3n) is 4.03. The van der Waals surface area contributed by atoms with E-state index in [0.717, 1.165) is 38.4 Å². The zero-order valence-electron chi connectivity index (χ0n) is 13.0. The van der Waals surface area contributed by atoms with Gasteiger partial charge < -0.3 is 15.4 Å². The van der Waals surface area contributed by atoms with E-state index in [4.69, 9.17) is 10.5 Å². The van der Waals surface area contributed by atoms with E-state index in [1.807, 2.05) is 30.3 Å². The van der Waals surface area contributed by atoms with Crippen molar-refractivity contribution < 1.29 is 4.74 Å². The number of hydrogen-bond donors (Lipinski definition) is 1. The molecule has 1 saturated heterocycles. The Morgan fingerprint density at radius 1 is 0.905 bits per heavy atom. The second-order valence-corrected chi connectivity index (χ2v) is 5.69. The van der Waals surface area contributed by atoms with E-state index in [1.54, 1.807) is 0 Å². The molecule has 0 saturated carbocycles. The first-order chi connectivity index (χ1) is 10.4. The van der Waals surface area contributed by atoms with Crippen LogP contribution in [0.1, 0.15) is 19.3 Å². The van der Waals surface area contributed by atoms with Crippen LogP contribution in [0.2, 0.25) is 0 Å². The molecule has 0 aliphatic carbocycles. The summed E-state index contributed by atoms with van der Waals surface area (Å²) in [4.78, 5) is 5.10. The minimum atomic E-state index is 0.775. The van der Waals surface area contributed by atoms with Gasteiger partial charge in [-0.3, -0.25) is 4.90 Å². The van der Waals surface area contributed by atoms with Gasteiger partial charge in [0.1, 0.15) is 12.4 Å². The lowest BCUT2D eigenvalue weighted by molar-refractivity contribution is 0.208. The molecule has 1 fully saturated rings. The monoisotopic (exact) mass is 291 g/mol. The van der Waals surface area contributed by atoms with Gasteiger partial charge in [0.15, 0.2) is 0 Å². The van der Waals surface area contributed by atoms with Gasteiger partial charge >= 0.3 is 0 Å². The van der Waals surface area contributed by atoms with Crippen molar-refractivity contribution in [3.8, 4) is 5.75 Å². The maximum Gasteiger partial charge on any atom is 0.119 e. The molecular weight excluding hydrogens is 262 g/mol. The van der Waals surface area contributed by atoms with E-state index in [9.17, 15) is 0 Å².